The average Bonchev–Trinajstić information content (AvgIpc) is 2.70. The van der Waals surface area contributed by atoms with E-state index >= 15 is 0 Å². The number of aryl methyl sites for hydroxylation is 1. The lowest BCUT2D eigenvalue weighted by molar-refractivity contribution is 0.0942. The van der Waals surface area contributed by atoms with Crippen LogP contribution in [0.1, 0.15) is 29.8 Å². The van der Waals surface area contributed by atoms with Crippen LogP contribution in [0.4, 0.5) is 0 Å². The lowest BCUT2D eigenvalue weighted by Gasteiger charge is -2.22. The average molecular weight is 306 g/mol. The van der Waals surface area contributed by atoms with Gasteiger partial charge in [0.05, 0.1) is 5.02 Å². The Morgan fingerprint density at radius 1 is 1.63 bits per heavy atom. The van der Waals surface area contributed by atoms with Crippen LogP contribution < -0.4 is 10.6 Å². The van der Waals surface area contributed by atoms with E-state index in [9.17, 15) is 4.79 Å². The summed E-state index contributed by atoms with van der Waals surface area (Å²) in [6.07, 6.45) is 5.28. The molecular formula is C13H21Cl2N3O. The van der Waals surface area contributed by atoms with Crippen LogP contribution in [0.2, 0.25) is 5.02 Å². The molecule has 2 rings (SSSR count). The molecule has 0 spiro atoms. The normalized spacial score (nSPS) is 18.7. The van der Waals surface area contributed by atoms with Gasteiger partial charge in [-0.25, -0.2) is 0 Å². The summed E-state index contributed by atoms with van der Waals surface area (Å²) < 4.78 is 1.75. The number of halogens is 2. The van der Waals surface area contributed by atoms with Crippen molar-refractivity contribution in [2.75, 3.05) is 19.6 Å². The molecule has 2 heterocycles. The molecule has 6 heteroatoms. The van der Waals surface area contributed by atoms with E-state index in [1.165, 1.54) is 12.8 Å². The molecular weight excluding hydrogens is 285 g/mol. The number of carbonyl (C=O) groups excluding carboxylic acids is 1. The first-order chi connectivity index (χ1) is 8.66. The summed E-state index contributed by atoms with van der Waals surface area (Å²) in [5, 5.41) is 6.93. The number of aromatic nitrogens is 1. The minimum absolute atomic E-state index is 0. The third kappa shape index (κ3) is 4.71. The van der Waals surface area contributed by atoms with Gasteiger partial charge >= 0.3 is 0 Å². The van der Waals surface area contributed by atoms with Gasteiger partial charge in [-0.3, -0.25) is 4.79 Å². The van der Waals surface area contributed by atoms with Gasteiger partial charge in [0, 0.05) is 19.8 Å². The first kappa shape index (κ1) is 16.3. The van der Waals surface area contributed by atoms with E-state index in [0.717, 1.165) is 26.1 Å². The molecule has 1 aliphatic rings. The Bertz CT molecular complexity index is 414. The summed E-state index contributed by atoms with van der Waals surface area (Å²) in [6, 6.07) is 1.69. The fourth-order valence-electron chi connectivity index (χ4n) is 2.40. The predicted molar refractivity (Wildman–Crippen MR) is 80.2 cm³/mol. The second-order valence-electron chi connectivity index (χ2n) is 4.91. The molecule has 0 saturated carbocycles. The summed E-state index contributed by atoms with van der Waals surface area (Å²) in [7, 11) is 1.83. The molecule has 19 heavy (non-hydrogen) atoms. The molecule has 1 unspecified atom stereocenters. The number of nitrogens with one attached hydrogen (secondary N) is 2. The fraction of sp³-hybridized carbons (Fsp3) is 0.615. The SMILES string of the molecule is Cl.Cn1cc(Cl)cc1C(=O)NCCC1CCCNC1. The number of amides is 1. The number of hydrogen-bond acceptors (Lipinski definition) is 2. The van der Waals surface area contributed by atoms with Crippen molar-refractivity contribution in [3.63, 3.8) is 0 Å². The molecule has 1 aliphatic heterocycles. The number of rotatable bonds is 4. The van der Waals surface area contributed by atoms with Crippen LogP contribution in [0.5, 0.6) is 0 Å². The third-order valence-electron chi connectivity index (χ3n) is 3.44. The van der Waals surface area contributed by atoms with Crippen LogP contribution in [0.3, 0.4) is 0 Å². The first-order valence-electron chi connectivity index (χ1n) is 6.47. The molecule has 1 fully saturated rings. The molecule has 2 N–H and O–H groups in total. The van der Waals surface area contributed by atoms with Crippen LogP contribution in [0.25, 0.3) is 0 Å². The van der Waals surface area contributed by atoms with Crippen LogP contribution in [0.15, 0.2) is 12.3 Å². The highest BCUT2D eigenvalue weighted by molar-refractivity contribution is 6.31. The van der Waals surface area contributed by atoms with Gasteiger partial charge in [-0.1, -0.05) is 11.6 Å². The highest BCUT2D eigenvalue weighted by Crippen LogP contribution is 2.14. The molecule has 0 radical (unpaired) electrons. The first-order valence-corrected chi connectivity index (χ1v) is 6.85. The van der Waals surface area contributed by atoms with Gasteiger partial charge in [0.15, 0.2) is 0 Å². The monoisotopic (exact) mass is 305 g/mol. The molecule has 1 amide bonds. The largest absolute Gasteiger partial charge is 0.351 e. The van der Waals surface area contributed by atoms with Crippen LogP contribution in [0, 0.1) is 5.92 Å². The zero-order valence-electron chi connectivity index (χ0n) is 11.1. The van der Waals surface area contributed by atoms with Gasteiger partial charge in [-0.05, 0) is 44.3 Å². The predicted octanol–water partition coefficient (Wildman–Crippen LogP) is 2.22. The highest BCUT2D eigenvalue weighted by atomic mass is 35.5. The van der Waals surface area contributed by atoms with Crippen LogP contribution in [-0.4, -0.2) is 30.1 Å². The molecule has 4 nitrogen and oxygen atoms in total. The number of hydrogen-bond donors (Lipinski definition) is 2. The summed E-state index contributed by atoms with van der Waals surface area (Å²) >= 11 is 5.86. The van der Waals surface area contributed by atoms with Crippen molar-refractivity contribution in [2.24, 2.45) is 13.0 Å². The molecule has 0 aliphatic carbocycles. The van der Waals surface area contributed by atoms with Crippen molar-refractivity contribution in [1.29, 1.82) is 0 Å². The minimum Gasteiger partial charge on any atom is -0.351 e. The van der Waals surface area contributed by atoms with Crippen molar-refractivity contribution < 1.29 is 4.79 Å². The Balaban J connectivity index is 0.00000180. The van der Waals surface area contributed by atoms with Crippen molar-refractivity contribution in [3.8, 4) is 0 Å². The van der Waals surface area contributed by atoms with Gasteiger partial charge in [-0.2, -0.15) is 0 Å². The zero-order chi connectivity index (χ0) is 13.0. The highest BCUT2D eigenvalue weighted by Gasteiger charge is 2.14. The Kier molecular flexibility index (Phi) is 6.69. The van der Waals surface area contributed by atoms with E-state index < -0.39 is 0 Å². The molecule has 108 valence electrons. The van der Waals surface area contributed by atoms with Gasteiger partial charge < -0.3 is 15.2 Å². The van der Waals surface area contributed by atoms with Gasteiger partial charge in [-0.15, -0.1) is 12.4 Å². The standard InChI is InChI=1S/C13H20ClN3O.ClH/c1-17-9-11(14)7-12(17)13(18)16-6-4-10-3-2-5-15-8-10;/h7,9-10,15H,2-6,8H2,1H3,(H,16,18);1H. The van der Waals surface area contributed by atoms with Gasteiger partial charge in [0.2, 0.25) is 0 Å². The quantitative estimate of drug-likeness (QED) is 0.896. The Morgan fingerprint density at radius 2 is 2.42 bits per heavy atom. The molecule has 1 aromatic rings. The Morgan fingerprint density at radius 3 is 3.00 bits per heavy atom. The second kappa shape index (κ2) is 7.78. The summed E-state index contributed by atoms with van der Waals surface area (Å²) in [5.41, 5.74) is 0.613. The van der Waals surface area contributed by atoms with Crippen molar-refractivity contribution >= 4 is 29.9 Å². The number of carbonyl (C=O) groups is 1. The van der Waals surface area contributed by atoms with E-state index in [2.05, 4.69) is 10.6 Å². The van der Waals surface area contributed by atoms with E-state index in [0.29, 0.717) is 16.6 Å². The third-order valence-corrected chi connectivity index (χ3v) is 3.65. The lowest BCUT2D eigenvalue weighted by Crippen LogP contribution is -2.33. The van der Waals surface area contributed by atoms with Gasteiger partial charge in [0.1, 0.15) is 5.69 Å². The maximum absolute atomic E-state index is 11.9. The molecule has 0 aromatic carbocycles. The van der Waals surface area contributed by atoms with Crippen molar-refractivity contribution in [1.82, 2.24) is 15.2 Å². The molecule has 1 atom stereocenters. The van der Waals surface area contributed by atoms with E-state index in [1.54, 1.807) is 16.8 Å². The topological polar surface area (TPSA) is 46.1 Å². The maximum Gasteiger partial charge on any atom is 0.267 e. The Hall–Kier alpha value is -0.710. The molecule has 1 aromatic heterocycles. The summed E-state index contributed by atoms with van der Waals surface area (Å²) in [6.45, 7) is 2.94. The second-order valence-corrected chi connectivity index (χ2v) is 5.35. The molecule has 1 saturated heterocycles. The Labute approximate surface area is 125 Å². The summed E-state index contributed by atoms with van der Waals surface area (Å²) in [4.78, 5) is 11.9. The minimum atomic E-state index is -0.0480. The van der Waals surface area contributed by atoms with E-state index in [-0.39, 0.29) is 18.3 Å². The van der Waals surface area contributed by atoms with Crippen LogP contribution >= 0.6 is 24.0 Å². The molecule has 0 bridgehead atoms. The fourth-order valence-corrected chi connectivity index (χ4v) is 2.65. The van der Waals surface area contributed by atoms with Crippen molar-refractivity contribution in [3.05, 3.63) is 23.0 Å². The van der Waals surface area contributed by atoms with Crippen LogP contribution in [-0.2, 0) is 7.05 Å². The zero-order valence-corrected chi connectivity index (χ0v) is 12.7. The smallest absolute Gasteiger partial charge is 0.267 e. The lowest BCUT2D eigenvalue weighted by atomic mass is 9.96. The maximum atomic E-state index is 11.9. The number of nitrogens with zero attached hydrogens (tertiary/aromatic N) is 1. The van der Waals surface area contributed by atoms with Crippen molar-refractivity contribution in [2.45, 2.75) is 19.3 Å². The van der Waals surface area contributed by atoms with Gasteiger partial charge in [0.25, 0.3) is 5.91 Å². The van der Waals surface area contributed by atoms with E-state index in [4.69, 9.17) is 11.6 Å². The van der Waals surface area contributed by atoms with E-state index in [1.807, 2.05) is 7.05 Å². The number of piperidine rings is 1. The summed E-state index contributed by atoms with van der Waals surface area (Å²) in [5.74, 6) is 0.643.